The second kappa shape index (κ2) is 5.23. The van der Waals surface area contributed by atoms with Crippen LogP contribution in [0.2, 0.25) is 0 Å². The fourth-order valence-electron chi connectivity index (χ4n) is 1.26. The van der Waals surface area contributed by atoms with Crippen LogP contribution in [-0.4, -0.2) is 8.96 Å². The monoisotopic (exact) mass is 261 g/mol. The summed E-state index contributed by atoms with van der Waals surface area (Å²) in [6.45, 7) is 7.09. The molecule has 0 aromatic heterocycles. The number of rotatable bonds is 3. The number of nitrogens with one attached hydrogen (secondary N) is 1. The van der Waals surface area contributed by atoms with Crippen LogP contribution in [0, 0.1) is 11.6 Å². The van der Waals surface area contributed by atoms with Crippen molar-refractivity contribution >= 4 is 11.0 Å². The Morgan fingerprint density at radius 3 is 2.41 bits per heavy atom. The van der Waals surface area contributed by atoms with Crippen molar-refractivity contribution in [2.75, 3.05) is 0 Å². The van der Waals surface area contributed by atoms with E-state index in [1.807, 2.05) is 20.8 Å². The molecule has 0 bridgehead atoms. The molecule has 1 aromatic rings. The quantitative estimate of drug-likeness (QED) is 0.890. The molecule has 0 saturated heterocycles. The summed E-state index contributed by atoms with van der Waals surface area (Å²) in [5.41, 5.74) is 0.183. The van der Waals surface area contributed by atoms with Gasteiger partial charge in [0, 0.05) is 11.6 Å². The van der Waals surface area contributed by atoms with Crippen molar-refractivity contribution in [3.05, 3.63) is 35.4 Å². The van der Waals surface area contributed by atoms with Crippen LogP contribution in [0.25, 0.3) is 0 Å². The van der Waals surface area contributed by atoms with Gasteiger partial charge in [-0.05, 0) is 33.8 Å². The maximum Gasteiger partial charge on any atom is 0.163 e. The zero-order valence-corrected chi connectivity index (χ0v) is 11.2. The molecule has 0 amide bonds. The zero-order chi connectivity index (χ0) is 13.2. The average Bonchev–Trinajstić information content (AvgIpc) is 2.20. The molecule has 1 aromatic carbocycles. The molecule has 0 aliphatic heterocycles. The van der Waals surface area contributed by atoms with Crippen LogP contribution in [-0.2, 0) is 11.0 Å². The van der Waals surface area contributed by atoms with Crippen molar-refractivity contribution in [2.45, 2.75) is 38.5 Å². The van der Waals surface area contributed by atoms with Gasteiger partial charge in [-0.2, -0.15) is 0 Å². The van der Waals surface area contributed by atoms with Crippen LogP contribution in [0.15, 0.2) is 18.2 Å². The Morgan fingerprint density at radius 1 is 1.29 bits per heavy atom. The summed E-state index contributed by atoms with van der Waals surface area (Å²) in [7, 11) is -1.32. The van der Waals surface area contributed by atoms with Crippen molar-refractivity contribution in [1.82, 2.24) is 4.72 Å². The summed E-state index contributed by atoms with van der Waals surface area (Å²) >= 11 is 0. The Kier molecular flexibility index (Phi) is 4.38. The van der Waals surface area contributed by atoms with Gasteiger partial charge >= 0.3 is 0 Å². The van der Waals surface area contributed by atoms with Crippen molar-refractivity contribution in [3.63, 3.8) is 0 Å². The van der Waals surface area contributed by atoms with Gasteiger partial charge in [-0.25, -0.2) is 17.7 Å². The van der Waals surface area contributed by atoms with Crippen LogP contribution in [0.5, 0.6) is 0 Å². The summed E-state index contributed by atoms with van der Waals surface area (Å²) in [5, 5.41) is 0. The van der Waals surface area contributed by atoms with Crippen molar-refractivity contribution in [3.8, 4) is 0 Å². The Bertz CT molecular complexity index is 429. The van der Waals surface area contributed by atoms with E-state index in [9.17, 15) is 13.0 Å². The highest BCUT2D eigenvalue weighted by Crippen LogP contribution is 2.21. The molecular formula is C12H17F2NOS. The van der Waals surface area contributed by atoms with Gasteiger partial charge in [0.25, 0.3) is 0 Å². The molecule has 5 heteroatoms. The summed E-state index contributed by atoms with van der Waals surface area (Å²) < 4.78 is 40.7. The summed E-state index contributed by atoms with van der Waals surface area (Å²) in [5.74, 6) is -1.78. The summed E-state index contributed by atoms with van der Waals surface area (Å²) in [6, 6.07) is 3.47. The minimum atomic E-state index is -1.32. The molecule has 0 radical (unpaired) electrons. The predicted molar refractivity (Wildman–Crippen MR) is 65.8 cm³/mol. The second-order valence-electron chi connectivity index (χ2n) is 4.86. The molecule has 0 aliphatic carbocycles. The largest absolute Gasteiger partial charge is 0.242 e. The number of benzene rings is 1. The van der Waals surface area contributed by atoms with E-state index in [0.29, 0.717) is 0 Å². The van der Waals surface area contributed by atoms with E-state index in [2.05, 4.69) is 4.72 Å². The normalized spacial score (nSPS) is 15.6. The maximum absolute atomic E-state index is 13.5. The molecule has 0 fully saturated rings. The van der Waals surface area contributed by atoms with E-state index in [4.69, 9.17) is 0 Å². The number of hydrogen-bond acceptors (Lipinski definition) is 1. The molecule has 96 valence electrons. The molecule has 0 unspecified atom stereocenters. The third-order valence-electron chi connectivity index (χ3n) is 2.29. The Balaban J connectivity index is 2.88. The van der Waals surface area contributed by atoms with Crippen LogP contribution < -0.4 is 4.72 Å². The van der Waals surface area contributed by atoms with Gasteiger partial charge in [0.05, 0.1) is 15.7 Å². The van der Waals surface area contributed by atoms with Gasteiger partial charge in [-0.3, -0.25) is 0 Å². The van der Waals surface area contributed by atoms with Gasteiger partial charge in [-0.15, -0.1) is 0 Å². The molecule has 0 saturated carbocycles. The van der Waals surface area contributed by atoms with E-state index >= 15 is 0 Å². The van der Waals surface area contributed by atoms with Crippen LogP contribution in [0.3, 0.4) is 0 Å². The van der Waals surface area contributed by atoms with Gasteiger partial charge in [0.2, 0.25) is 0 Å². The zero-order valence-electron chi connectivity index (χ0n) is 10.4. The third-order valence-corrected chi connectivity index (χ3v) is 3.97. The van der Waals surface area contributed by atoms with Gasteiger partial charge in [0.15, 0.2) is 11.6 Å². The lowest BCUT2D eigenvalue weighted by Crippen LogP contribution is -2.35. The molecule has 0 spiro atoms. The topological polar surface area (TPSA) is 29.1 Å². The number of halogens is 2. The first-order valence-electron chi connectivity index (χ1n) is 5.35. The highest BCUT2D eigenvalue weighted by molar-refractivity contribution is 7.84. The molecule has 17 heavy (non-hydrogen) atoms. The first kappa shape index (κ1) is 14.3. The minimum absolute atomic E-state index is 0.183. The van der Waals surface area contributed by atoms with E-state index in [0.717, 1.165) is 6.07 Å². The fraction of sp³-hybridized carbons (Fsp3) is 0.500. The van der Waals surface area contributed by atoms with E-state index in [-0.39, 0.29) is 5.56 Å². The Labute approximate surface area is 103 Å². The summed E-state index contributed by atoms with van der Waals surface area (Å²) in [6.07, 6.45) is 0. The number of hydrogen-bond donors (Lipinski definition) is 1. The van der Waals surface area contributed by atoms with E-state index in [1.54, 1.807) is 6.92 Å². The Morgan fingerprint density at radius 2 is 1.88 bits per heavy atom. The first-order chi connectivity index (χ1) is 7.73. The molecule has 1 N–H and O–H groups in total. The second-order valence-corrected chi connectivity index (χ2v) is 6.86. The van der Waals surface area contributed by atoms with Gasteiger partial charge in [-0.1, -0.05) is 12.1 Å². The lowest BCUT2D eigenvalue weighted by molar-refractivity contribution is 0.487. The van der Waals surface area contributed by atoms with Crippen molar-refractivity contribution in [1.29, 1.82) is 0 Å². The lowest BCUT2D eigenvalue weighted by Gasteiger charge is -2.22. The van der Waals surface area contributed by atoms with Crippen LogP contribution >= 0.6 is 0 Å². The molecule has 1 rings (SSSR count). The highest BCUT2D eigenvalue weighted by Gasteiger charge is 2.23. The predicted octanol–water partition coefficient (Wildman–Crippen LogP) is 3.08. The molecule has 2 atom stereocenters. The smallest absolute Gasteiger partial charge is 0.163 e. The molecule has 0 aliphatic rings. The van der Waals surface area contributed by atoms with Crippen molar-refractivity contribution in [2.24, 2.45) is 0 Å². The third kappa shape index (κ3) is 3.57. The maximum atomic E-state index is 13.5. The molecule has 2 nitrogen and oxygen atoms in total. The Hall–Kier alpha value is -0.810. The summed E-state index contributed by atoms with van der Waals surface area (Å²) in [4.78, 5) is 0. The SMILES string of the molecule is C[C@H](N[S@](=O)C(C)(C)C)c1cccc(F)c1F. The standard InChI is InChI=1S/C12H17F2NOS/c1-8(15-17(16)12(2,3)4)9-6-5-7-10(13)11(9)14/h5-8,15H,1-4H3/t8-,17+/m0/s1. The van der Waals surface area contributed by atoms with E-state index < -0.39 is 33.4 Å². The van der Waals surface area contributed by atoms with Crippen LogP contribution in [0.4, 0.5) is 8.78 Å². The molecule has 0 heterocycles. The van der Waals surface area contributed by atoms with Crippen molar-refractivity contribution < 1.29 is 13.0 Å². The lowest BCUT2D eigenvalue weighted by atomic mass is 10.1. The van der Waals surface area contributed by atoms with E-state index in [1.165, 1.54) is 12.1 Å². The fourth-order valence-corrected chi connectivity index (χ4v) is 2.06. The van der Waals surface area contributed by atoms with Gasteiger partial charge in [0.1, 0.15) is 0 Å². The van der Waals surface area contributed by atoms with Crippen LogP contribution in [0.1, 0.15) is 39.3 Å². The first-order valence-corrected chi connectivity index (χ1v) is 6.50. The minimum Gasteiger partial charge on any atom is -0.242 e. The highest BCUT2D eigenvalue weighted by atomic mass is 32.2. The van der Waals surface area contributed by atoms with Gasteiger partial charge < -0.3 is 0 Å². The molecular weight excluding hydrogens is 244 g/mol. The average molecular weight is 261 g/mol.